The summed E-state index contributed by atoms with van der Waals surface area (Å²) in [7, 11) is 3.21. The average Bonchev–Trinajstić information content (AvgIpc) is 3.11. The zero-order valence-corrected chi connectivity index (χ0v) is 18.5. The van der Waals surface area contributed by atoms with E-state index in [4.69, 9.17) is 4.74 Å². The number of nitrogens with one attached hydrogen (secondary N) is 1. The number of esters is 1. The lowest BCUT2D eigenvalue weighted by Gasteiger charge is -2.07. The van der Waals surface area contributed by atoms with Crippen molar-refractivity contribution in [2.45, 2.75) is 22.7 Å². The topological polar surface area (TPSA) is 86.1 Å². The van der Waals surface area contributed by atoms with Gasteiger partial charge in [-0.05, 0) is 37.3 Å². The number of nitrogens with zero attached hydrogens (tertiary/aromatic N) is 3. The fourth-order valence-corrected chi connectivity index (χ4v) is 4.15. The predicted molar refractivity (Wildman–Crippen MR) is 119 cm³/mol. The van der Waals surface area contributed by atoms with Crippen molar-refractivity contribution in [3.63, 3.8) is 0 Å². The van der Waals surface area contributed by atoms with Gasteiger partial charge in [-0.3, -0.25) is 4.79 Å². The predicted octanol–water partition coefficient (Wildman–Crippen LogP) is 3.93. The summed E-state index contributed by atoms with van der Waals surface area (Å²) in [5.74, 6) is 1.07. The first-order valence-electron chi connectivity index (χ1n) is 9.15. The molecule has 30 heavy (non-hydrogen) atoms. The van der Waals surface area contributed by atoms with Crippen LogP contribution in [0.25, 0.3) is 0 Å². The van der Waals surface area contributed by atoms with Crippen LogP contribution in [0.4, 0.5) is 5.69 Å². The van der Waals surface area contributed by atoms with Gasteiger partial charge in [-0.2, -0.15) is 0 Å². The van der Waals surface area contributed by atoms with E-state index >= 15 is 0 Å². The number of ether oxygens (including phenoxy) is 1. The molecule has 0 saturated heterocycles. The van der Waals surface area contributed by atoms with Gasteiger partial charge in [0.1, 0.15) is 5.82 Å². The molecule has 0 spiro atoms. The first-order chi connectivity index (χ1) is 14.5. The number of methoxy groups -OCH3 is 1. The quantitative estimate of drug-likeness (QED) is 0.418. The van der Waals surface area contributed by atoms with Crippen LogP contribution >= 0.6 is 23.5 Å². The van der Waals surface area contributed by atoms with Crippen LogP contribution in [0, 0.1) is 6.92 Å². The number of carbonyl (C=O) groups is 2. The second-order valence-electron chi connectivity index (χ2n) is 6.47. The Hall–Kier alpha value is -2.78. The van der Waals surface area contributed by atoms with Crippen LogP contribution in [0.5, 0.6) is 0 Å². The molecule has 0 atom stereocenters. The Kier molecular flexibility index (Phi) is 7.53. The van der Waals surface area contributed by atoms with Crippen molar-refractivity contribution >= 4 is 41.1 Å². The van der Waals surface area contributed by atoms with E-state index in [1.807, 2.05) is 11.6 Å². The minimum Gasteiger partial charge on any atom is -0.465 e. The summed E-state index contributed by atoms with van der Waals surface area (Å²) in [6.07, 6.45) is 0. The van der Waals surface area contributed by atoms with E-state index in [1.165, 1.54) is 29.3 Å². The number of thioether (sulfide) groups is 2. The molecule has 7 nitrogen and oxygen atoms in total. The Bertz CT molecular complexity index is 1030. The zero-order chi connectivity index (χ0) is 21.5. The maximum atomic E-state index is 12.3. The standard InChI is InChI=1S/C21H22N4O3S2/c1-14-7-9-17(10-8-14)29-12-18-23-24-21(25(18)2)30-13-19(26)22-16-6-4-5-15(11-16)20(27)28-3/h4-11H,12-13H2,1-3H3,(H,22,26). The summed E-state index contributed by atoms with van der Waals surface area (Å²) in [6, 6.07) is 15.0. The molecule has 0 bridgehead atoms. The van der Waals surface area contributed by atoms with Crippen LogP contribution in [0.3, 0.4) is 0 Å². The molecule has 1 N–H and O–H groups in total. The van der Waals surface area contributed by atoms with Crippen molar-refractivity contribution in [1.82, 2.24) is 14.8 Å². The highest BCUT2D eigenvalue weighted by molar-refractivity contribution is 7.99. The van der Waals surface area contributed by atoms with Crippen molar-refractivity contribution in [3.05, 3.63) is 65.5 Å². The zero-order valence-electron chi connectivity index (χ0n) is 16.9. The van der Waals surface area contributed by atoms with Crippen LogP contribution < -0.4 is 5.32 Å². The number of aromatic nitrogens is 3. The van der Waals surface area contributed by atoms with E-state index in [9.17, 15) is 9.59 Å². The van der Waals surface area contributed by atoms with Crippen molar-refractivity contribution < 1.29 is 14.3 Å². The van der Waals surface area contributed by atoms with Gasteiger partial charge in [0.05, 0.1) is 24.2 Å². The van der Waals surface area contributed by atoms with E-state index in [1.54, 1.807) is 36.0 Å². The number of anilines is 1. The molecule has 2 aromatic carbocycles. The van der Waals surface area contributed by atoms with Crippen LogP contribution in [-0.4, -0.2) is 39.5 Å². The van der Waals surface area contributed by atoms with Crippen molar-refractivity contribution in [1.29, 1.82) is 0 Å². The van der Waals surface area contributed by atoms with Crippen molar-refractivity contribution in [3.8, 4) is 0 Å². The summed E-state index contributed by atoms with van der Waals surface area (Å²) < 4.78 is 6.59. The fraction of sp³-hybridized carbons (Fsp3) is 0.238. The Morgan fingerprint density at radius 1 is 1.10 bits per heavy atom. The first-order valence-corrected chi connectivity index (χ1v) is 11.1. The monoisotopic (exact) mass is 442 g/mol. The molecule has 0 fully saturated rings. The van der Waals surface area contributed by atoms with Gasteiger partial charge in [-0.15, -0.1) is 22.0 Å². The number of rotatable bonds is 8. The second kappa shape index (κ2) is 10.3. The highest BCUT2D eigenvalue weighted by Crippen LogP contribution is 2.24. The molecule has 1 aromatic heterocycles. The van der Waals surface area contributed by atoms with E-state index in [0.29, 0.717) is 22.2 Å². The third-order valence-corrected chi connectivity index (χ3v) is 6.24. The normalized spacial score (nSPS) is 10.6. The smallest absolute Gasteiger partial charge is 0.337 e. The van der Waals surface area contributed by atoms with E-state index in [-0.39, 0.29) is 11.7 Å². The van der Waals surface area contributed by atoms with Gasteiger partial charge in [0.15, 0.2) is 5.16 Å². The molecule has 156 valence electrons. The van der Waals surface area contributed by atoms with Crippen molar-refractivity contribution in [2.75, 3.05) is 18.2 Å². The van der Waals surface area contributed by atoms with Gasteiger partial charge in [-0.25, -0.2) is 4.79 Å². The molecule has 0 radical (unpaired) electrons. The third kappa shape index (κ3) is 5.87. The van der Waals surface area contributed by atoms with Crippen LogP contribution in [0.1, 0.15) is 21.7 Å². The Balaban J connectivity index is 1.53. The van der Waals surface area contributed by atoms with E-state index in [0.717, 1.165) is 5.82 Å². The molecule has 3 rings (SSSR count). The molecule has 1 heterocycles. The molecular formula is C21H22N4O3S2. The van der Waals surface area contributed by atoms with Gasteiger partial charge >= 0.3 is 5.97 Å². The first kappa shape index (κ1) is 21.9. The van der Waals surface area contributed by atoms with Crippen LogP contribution in [-0.2, 0) is 22.3 Å². The number of hydrogen-bond acceptors (Lipinski definition) is 7. The molecule has 1 amide bonds. The van der Waals surface area contributed by atoms with E-state index in [2.05, 4.69) is 46.7 Å². The summed E-state index contributed by atoms with van der Waals surface area (Å²) in [5.41, 5.74) is 2.15. The molecule has 3 aromatic rings. The number of benzene rings is 2. The summed E-state index contributed by atoms with van der Waals surface area (Å²) >= 11 is 3.00. The lowest BCUT2D eigenvalue weighted by atomic mass is 10.2. The minimum atomic E-state index is -0.449. The molecule has 0 unspecified atom stereocenters. The Morgan fingerprint density at radius 2 is 1.87 bits per heavy atom. The molecule has 0 aliphatic carbocycles. The summed E-state index contributed by atoms with van der Waals surface area (Å²) in [5, 5.41) is 11.9. The Morgan fingerprint density at radius 3 is 2.60 bits per heavy atom. The maximum absolute atomic E-state index is 12.3. The highest BCUT2D eigenvalue weighted by Gasteiger charge is 2.13. The van der Waals surface area contributed by atoms with Gasteiger partial charge < -0.3 is 14.6 Å². The van der Waals surface area contributed by atoms with Crippen LogP contribution in [0.15, 0.2) is 58.6 Å². The number of carbonyl (C=O) groups excluding carboxylic acids is 2. The number of hydrogen-bond donors (Lipinski definition) is 1. The van der Waals surface area contributed by atoms with Gasteiger partial charge in [0, 0.05) is 17.6 Å². The highest BCUT2D eigenvalue weighted by atomic mass is 32.2. The van der Waals surface area contributed by atoms with Crippen LogP contribution in [0.2, 0.25) is 0 Å². The lowest BCUT2D eigenvalue weighted by Crippen LogP contribution is -2.15. The number of aryl methyl sites for hydroxylation is 1. The molecule has 9 heteroatoms. The average molecular weight is 443 g/mol. The largest absolute Gasteiger partial charge is 0.465 e. The van der Waals surface area contributed by atoms with E-state index < -0.39 is 5.97 Å². The molecular weight excluding hydrogens is 420 g/mol. The summed E-state index contributed by atoms with van der Waals surface area (Å²) in [6.45, 7) is 2.06. The lowest BCUT2D eigenvalue weighted by molar-refractivity contribution is -0.113. The molecule has 0 aliphatic heterocycles. The Labute approximate surface area is 183 Å². The fourth-order valence-electron chi connectivity index (χ4n) is 2.55. The molecule has 0 aliphatic rings. The maximum Gasteiger partial charge on any atom is 0.337 e. The minimum absolute atomic E-state index is 0.180. The van der Waals surface area contributed by atoms with Gasteiger partial charge in [0.2, 0.25) is 5.91 Å². The second-order valence-corrected chi connectivity index (χ2v) is 8.46. The van der Waals surface area contributed by atoms with Crippen molar-refractivity contribution in [2.24, 2.45) is 7.05 Å². The van der Waals surface area contributed by atoms with Gasteiger partial charge in [0.25, 0.3) is 0 Å². The number of amides is 1. The van der Waals surface area contributed by atoms with Gasteiger partial charge in [-0.1, -0.05) is 35.5 Å². The SMILES string of the molecule is COC(=O)c1cccc(NC(=O)CSc2nnc(CSc3ccc(C)cc3)n2C)c1. The summed E-state index contributed by atoms with van der Waals surface area (Å²) in [4.78, 5) is 25.1. The molecule has 0 saturated carbocycles. The third-order valence-electron chi connectivity index (χ3n) is 4.21.